The van der Waals surface area contributed by atoms with Crippen LogP contribution >= 0.6 is 11.6 Å². The minimum Gasteiger partial charge on any atom is -0.495 e. The molecule has 1 aliphatic heterocycles. The lowest BCUT2D eigenvalue weighted by atomic mass is 9.88. The molecule has 1 saturated heterocycles. The van der Waals surface area contributed by atoms with Gasteiger partial charge in [-0.3, -0.25) is 14.7 Å². The number of ether oxygens (including phenoxy) is 1. The number of piperidine rings is 1. The second kappa shape index (κ2) is 9.61. The molecule has 2 aromatic heterocycles. The Morgan fingerprint density at radius 2 is 1.97 bits per heavy atom. The highest BCUT2D eigenvalue weighted by molar-refractivity contribution is 6.30. The number of hydrogen-bond acceptors (Lipinski definition) is 6. The molecule has 3 amide bonds. The summed E-state index contributed by atoms with van der Waals surface area (Å²) in [5.74, 6) is 0.723. The van der Waals surface area contributed by atoms with Crippen LogP contribution in [-0.4, -0.2) is 46.6 Å². The molecule has 10 heteroatoms. The fraction of sp³-hybridized carbons (Fsp3) is 0.227. The Morgan fingerprint density at radius 3 is 2.62 bits per heavy atom. The Balaban J connectivity index is 1.56. The zero-order valence-corrected chi connectivity index (χ0v) is 18.0. The lowest BCUT2D eigenvalue weighted by Gasteiger charge is -2.37. The van der Waals surface area contributed by atoms with Crippen molar-refractivity contribution < 1.29 is 14.3 Å². The van der Waals surface area contributed by atoms with E-state index in [1.165, 1.54) is 6.33 Å². The fourth-order valence-corrected chi connectivity index (χ4v) is 3.71. The molecule has 0 radical (unpaired) electrons. The molecule has 1 aliphatic rings. The molecule has 4 rings (SSSR count). The van der Waals surface area contributed by atoms with Crippen LogP contribution in [0.3, 0.4) is 0 Å². The minimum absolute atomic E-state index is 0.0937. The van der Waals surface area contributed by atoms with Crippen LogP contribution in [0.15, 0.2) is 61.2 Å². The molecule has 0 unspecified atom stereocenters. The first-order chi connectivity index (χ1) is 15.5. The molecule has 0 bridgehead atoms. The molecule has 3 aromatic rings. The van der Waals surface area contributed by atoms with Gasteiger partial charge in [-0.2, -0.15) is 0 Å². The number of carbonyl (C=O) groups is 2. The third kappa shape index (κ3) is 4.94. The first-order valence-corrected chi connectivity index (χ1v) is 10.3. The van der Waals surface area contributed by atoms with E-state index in [9.17, 15) is 9.59 Å². The number of pyridine rings is 1. The monoisotopic (exact) mass is 452 g/mol. The number of nitrogens with one attached hydrogen (secondary N) is 2. The third-order valence-electron chi connectivity index (χ3n) is 5.20. The number of hydrogen-bond donors (Lipinski definition) is 2. The van der Waals surface area contributed by atoms with Crippen LogP contribution in [0.2, 0.25) is 5.02 Å². The van der Waals surface area contributed by atoms with Gasteiger partial charge in [-0.25, -0.2) is 14.8 Å². The molecule has 1 fully saturated rings. The normalized spacial score (nSPS) is 18.2. The van der Waals surface area contributed by atoms with Crippen LogP contribution < -0.4 is 20.3 Å². The lowest BCUT2D eigenvalue weighted by Crippen LogP contribution is -2.53. The maximum absolute atomic E-state index is 12.9. The van der Waals surface area contributed by atoms with E-state index < -0.39 is 12.1 Å². The Bertz CT molecular complexity index is 1080. The van der Waals surface area contributed by atoms with Gasteiger partial charge in [-0.1, -0.05) is 11.6 Å². The van der Waals surface area contributed by atoms with Crippen LogP contribution in [-0.2, 0) is 4.79 Å². The summed E-state index contributed by atoms with van der Waals surface area (Å²) in [4.78, 5) is 39.8. The number of rotatable bonds is 5. The van der Waals surface area contributed by atoms with Crippen LogP contribution in [0, 0.1) is 0 Å². The average Bonchev–Trinajstić information content (AvgIpc) is 2.81. The SMILES string of the molecule is COc1ccc([C@@H]2CN(c3ccncn3)C(=O)C[C@H]2NC(=O)Nc2ccc(Cl)cc2)nc1. The highest BCUT2D eigenvalue weighted by atomic mass is 35.5. The van der Waals surface area contributed by atoms with Gasteiger partial charge >= 0.3 is 6.03 Å². The molecule has 1 aromatic carbocycles. The van der Waals surface area contributed by atoms with Crippen molar-refractivity contribution in [1.82, 2.24) is 20.3 Å². The van der Waals surface area contributed by atoms with E-state index in [2.05, 4.69) is 25.6 Å². The lowest BCUT2D eigenvalue weighted by molar-refractivity contribution is -0.120. The molecule has 164 valence electrons. The zero-order chi connectivity index (χ0) is 22.5. The van der Waals surface area contributed by atoms with Crippen molar-refractivity contribution in [3.05, 3.63) is 71.9 Å². The van der Waals surface area contributed by atoms with E-state index in [-0.39, 0.29) is 18.2 Å². The van der Waals surface area contributed by atoms with Gasteiger partial charge in [0.1, 0.15) is 17.9 Å². The van der Waals surface area contributed by atoms with E-state index >= 15 is 0 Å². The predicted octanol–water partition coefficient (Wildman–Crippen LogP) is 3.24. The summed E-state index contributed by atoms with van der Waals surface area (Å²) in [5, 5.41) is 6.27. The van der Waals surface area contributed by atoms with Crippen LogP contribution in [0.25, 0.3) is 0 Å². The molecule has 2 N–H and O–H groups in total. The van der Waals surface area contributed by atoms with Crippen molar-refractivity contribution in [1.29, 1.82) is 0 Å². The van der Waals surface area contributed by atoms with Crippen molar-refractivity contribution >= 4 is 35.0 Å². The van der Waals surface area contributed by atoms with Gasteiger partial charge in [0.25, 0.3) is 0 Å². The number of amides is 3. The predicted molar refractivity (Wildman–Crippen MR) is 120 cm³/mol. The topological polar surface area (TPSA) is 109 Å². The van der Waals surface area contributed by atoms with Crippen molar-refractivity contribution in [3.63, 3.8) is 0 Å². The summed E-state index contributed by atoms with van der Waals surface area (Å²) < 4.78 is 5.20. The van der Waals surface area contributed by atoms with E-state index in [4.69, 9.17) is 16.3 Å². The van der Waals surface area contributed by atoms with Gasteiger partial charge < -0.3 is 15.4 Å². The zero-order valence-electron chi connectivity index (χ0n) is 17.2. The number of nitrogens with zero attached hydrogens (tertiary/aromatic N) is 4. The standard InChI is InChI=1S/C22H21ClN6O3/c1-32-16-6-7-18(25-11-16)17-12-29(20-8-9-24-13-26-20)21(30)10-19(17)28-22(31)27-15-4-2-14(23)3-5-15/h2-9,11,13,17,19H,10,12H2,1H3,(H2,27,28,31)/t17-,19+/m0/s1. The second-order valence-electron chi connectivity index (χ2n) is 7.22. The Hall–Kier alpha value is -3.72. The Kier molecular flexibility index (Phi) is 6.46. The van der Waals surface area contributed by atoms with E-state index in [0.29, 0.717) is 28.8 Å². The van der Waals surface area contributed by atoms with Crippen molar-refractivity contribution in [2.45, 2.75) is 18.4 Å². The summed E-state index contributed by atoms with van der Waals surface area (Å²) >= 11 is 5.90. The van der Waals surface area contributed by atoms with Gasteiger partial charge in [0.15, 0.2) is 0 Å². The molecular weight excluding hydrogens is 432 g/mol. The molecule has 0 saturated carbocycles. The maximum Gasteiger partial charge on any atom is 0.319 e. The number of carbonyl (C=O) groups excluding carboxylic acids is 2. The van der Waals surface area contributed by atoms with E-state index in [1.54, 1.807) is 60.8 Å². The number of anilines is 2. The molecule has 0 aliphatic carbocycles. The summed E-state index contributed by atoms with van der Waals surface area (Å²) in [6.07, 6.45) is 4.69. The highest BCUT2D eigenvalue weighted by Crippen LogP contribution is 2.30. The quantitative estimate of drug-likeness (QED) is 0.615. The number of halogens is 1. The van der Waals surface area contributed by atoms with Gasteiger partial charge in [-0.15, -0.1) is 0 Å². The Labute approximate surface area is 189 Å². The third-order valence-corrected chi connectivity index (χ3v) is 5.45. The smallest absolute Gasteiger partial charge is 0.319 e. The van der Waals surface area contributed by atoms with Gasteiger partial charge in [0.05, 0.1) is 13.3 Å². The molecule has 0 spiro atoms. The van der Waals surface area contributed by atoms with Gasteiger partial charge in [0, 0.05) is 47.5 Å². The van der Waals surface area contributed by atoms with Gasteiger partial charge in [0.2, 0.25) is 5.91 Å². The van der Waals surface area contributed by atoms with E-state index in [0.717, 1.165) is 5.69 Å². The number of methoxy groups -OCH3 is 1. The molecule has 2 atom stereocenters. The van der Waals surface area contributed by atoms with E-state index in [1.807, 2.05) is 6.07 Å². The van der Waals surface area contributed by atoms with Crippen LogP contribution in [0.5, 0.6) is 5.75 Å². The van der Waals surface area contributed by atoms with Crippen molar-refractivity contribution in [2.75, 3.05) is 23.9 Å². The Morgan fingerprint density at radius 1 is 1.16 bits per heavy atom. The fourth-order valence-electron chi connectivity index (χ4n) is 3.58. The summed E-state index contributed by atoms with van der Waals surface area (Å²) in [6.45, 7) is 0.307. The first-order valence-electron chi connectivity index (χ1n) is 9.93. The number of aromatic nitrogens is 3. The molecule has 32 heavy (non-hydrogen) atoms. The second-order valence-corrected chi connectivity index (χ2v) is 7.65. The van der Waals surface area contributed by atoms with Crippen molar-refractivity contribution in [2.24, 2.45) is 0 Å². The number of urea groups is 1. The molecule has 9 nitrogen and oxygen atoms in total. The first kappa shape index (κ1) is 21.5. The molecular formula is C22H21ClN6O3. The van der Waals surface area contributed by atoms with Crippen LogP contribution in [0.1, 0.15) is 18.0 Å². The summed E-state index contributed by atoms with van der Waals surface area (Å²) in [5.41, 5.74) is 1.32. The highest BCUT2D eigenvalue weighted by Gasteiger charge is 2.38. The van der Waals surface area contributed by atoms with Crippen LogP contribution in [0.4, 0.5) is 16.3 Å². The average molecular weight is 453 g/mol. The summed E-state index contributed by atoms with van der Waals surface area (Å²) in [7, 11) is 1.57. The largest absolute Gasteiger partial charge is 0.495 e. The minimum atomic E-state index is -0.464. The number of benzene rings is 1. The van der Waals surface area contributed by atoms with Crippen molar-refractivity contribution in [3.8, 4) is 5.75 Å². The van der Waals surface area contributed by atoms with Gasteiger partial charge in [-0.05, 0) is 42.5 Å². The summed E-state index contributed by atoms with van der Waals surface area (Å²) in [6, 6.07) is 11.2. The maximum atomic E-state index is 12.9. The molecule has 3 heterocycles.